The molecule has 0 unspecified atom stereocenters. The fraction of sp³-hybridized carbons (Fsp3) is 0.417. The molecule has 1 aromatic rings. The van der Waals surface area contributed by atoms with Crippen molar-refractivity contribution in [1.82, 2.24) is 0 Å². The van der Waals surface area contributed by atoms with E-state index in [1.165, 1.54) is 7.11 Å². The number of aliphatic carboxylic acids is 1. The summed E-state index contributed by atoms with van der Waals surface area (Å²) in [4.78, 5) is 12.3. The molecular weight excluding hydrogens is 244 g/mol. The fourth-order valence-corrected chi connectivity index (χ4v) is 1.61. The number of hydrogen-bond donors (Lipinski definition) is 1. The van der Waals surface area contributed by atoms with E-state index in [1.807, 2.05) is 0 Å². The molecule has 0 bridgehead atoms. The third-order valence-electron chi connectivity index (χ3n) is 2.51. The molecule has 1 rings (SSSR count). The van der Waals surface area contributed by atoms with Crippen LogP contribution in [0, 0.1) is 11.6 Å². The largest absolute Gasteiger partial charge is 0.481 e. The van der Waals surface area contributed by atoms with E-state index in [2.05, 4.69) is 0 Å². The molecule has 0 amide bonds. The van der Waals surface area contributed by atoms with Crippen molar-refractivity contribution in [2.45, 2.75) is 6.42 Å². The summed E-state index contributed by atoms with van der Waals surface area (Å²) in [5.41, 5.74) is 0.203. The fourth-order valence-electron chi connectivity index (χ4n) is 1.61. The molecule has 0 aliphatic carbocycles. The lowest BCUT2D eigenvalue weighted by atomic mass is 10.1. The summed E-state index contributed by atoms with van der Waals surface area (Å²) < 4.78 is 31.6. The summed E-state index contributed by atoms with van der Waals surface area (Å²) in [7, 11) is 3.14. The highest BCUT2D eigenvalue weighted by Gasteiger charge is 2.17. The number of likely N-dealkylation sites (N-methyl/N-ethyl adjacent to an activating group) is 1. The van der Waals surface area contributed by atoms with E-state index in [-0.39, 0.29) is 11.3 Å². The van der Waals surface area contributed by atoms with Crippen LogP contribution in [0.25, 0.3) is 0 Å². The van der Waals surface area contributed by atoms with E-state index in [4.69, 9.17) is 9.84 Å². The van der Waals surface area contributed by atoms with Crippen molar-refractivity contribution in [3.63, 3.8) is 0 Å². The molecule has 4 nitrogen and oxygen atoms in total. The molecule has 100 valence electrons. The van der Waals surface area contributed by atoms with Crippen LogP contribution in [0.15, 0.2) is 12.1 Å². The maximum absolute atomic E-state index is 13.6. The van der Waals surface area contributed by atoms with Gasteiger partial charge in [-0.15, -0.1) is 0 Å². The number of hydrogen-bond acceptors (Lipinski definition) is 3. The predicted molar refractivity (Wildman–Crippen MR) is 62.8 cm³/mol. The molecule has 1 N–H and O–H groups in total. The van der Waals surface area contributed by atoms with Crippen molar-refractivity contribution < 1.29 is 23.4 Å². The minimum Gasteiger partial charge on any atom is -0.481 e. The molecule has 0 spiro atoms. The molecule has 1 aromatic carbocycles. The molecule has 0 aliphatic heterocycles. The molecule has 0 radical (unpaired) electrons. The first kappa shape index (κ1) is 14.4. The first-order valence-electron chi connectivity index (χ1n) is 5.35. The maximum Gasteiger partial charge on any atom is 0.308 e. The minimum atomic E-state index is -1.16. The van der Waals surface area contributed by atoms with Gasteiger partial charge in [0.2, 0.25) is 0 Å². The van der Waals surface area contributed by atoms with Crippen molar-refractivity contribution in [3.05, 3.63) is 29.3 Å². The van der Waals surface area contributed by atoms with E-state index in [0.29, 0.717) is 19.2 Å². The van der Waals surface area contributed by atoms with Gasteiger partial charge in [0.1, 0.15) is 11.6 Å². The highest BCUT2D eigenvalue weighted by molar-refractivity contribution is 5.73. The smallest absolute Gasteiger partial charge is 0.308 e. The first-order valence-corrected chi connectivity index (χ1v) is 5.35. The third-order valence-corrected chi connectivity index (χ3v) is 2.51. The van der Waals surface area contributed by atoms with Crippen LogP contribution in [-0.2, 0) is 16.0 Å². The Labute approximate surface area is 104 Å². The number of anilines is 1. The Kier molecular flexibility index (Phi) is 5.03. The van der Waals surface area contributed by atoms with Crippen LogP contribution in [0.5, 0.6) is 0 Å². The molecule has 0 aromatic heterocycles. The van der Waals surface area contributed by atoms with Crippen molar-refractivity contribution in [1.29, 1.82) is 0 Å². The SMILES string of the molecule is COCCN(C)c1cc(F)cc(F)c1CC(=O)O. The minimum absolute atomic E-state index is 0.0255. The maximum atomic E-state index is 13.6. The molecular formula is C12H15F2NO3. The Hall–Kier alpha value is -1.69. The van der Waals surface area contributed by atoms with Gasteiger partial charge in [-0.3, -0.25) is 4.79 Å². The van der Waals surface area contributed by atoms with Crippen molar-refractivity contribution >= 4 is 11.7 Å². The average Bonchev–Trinajstić information content (AvgIpc) is 2.28. The number of nitrogens with zero attached hydrogens (tertiary/aromatic N) is 1. The molecule has 0 fully saturated rings. The summed E-state index contributed by atoms with van der Waals surface area (Å²) in [6.07, 6.45) is -0.487. The van der Waals surface area contributed by atoms with Gasteiger partial charge in [-0.05, 0) is 6.07 Å². The second kappa shape index (κ2) is 6.30. The van der Waals surface area contributed by atoms with E-state index >= 15 is 0 Å². The third kappa shape index (κ3) is 3.66. The van der Waals surface area contributed by atoms with E-state index in [9.17, 15) is 13.6 Å². The molecule has 0 heterocycles. The zero-order chi connectivity index (χ0) is 13.7. The average molecular weight is 259 g/mol. The van der Waals surface area contributed by atoms with Gasteiger partial charge in [-0.2, -0.15) is 0 Å². The molecule has 0 atom stereocenters. The summed E-state index contributed by atoms with van der Waals surface area (Å²) >= 11 is 0. The van der Waals surface area contributed by atoms with Crippen LogP contribution >= 0.6 is 0 Å². The van der Waals surface area contributed by atoms with E-state index in [0.717, 1.165) is 6.07 Å². The molecule has 0 saturated carbocycles. The van der Waals surface area contributed by atoms with Gasteiger partial charge in [-0.1, -0.05) is 0 Å². The normalized spacial score (nSPS) is 10.4. The van der Waals surface area contributed by atoms with Crippen molar-refractivity contribution in [2.24, 2.45) is 0 Å². The van der Waals surface area contributed by atoms with Crippen molar-refractivity contribution in [2.75, 3.05) is 32.2 Å². The van der Waals surface area contributed by atoms with Crippen LogP contribution in [0.2, 0.25) is 0 Å². The summed E-state index contributed by atoms with van der Waals surface area (Å²) in [6.45, 7) is 0.785. The van der Waals surface area contributed by atoms with Gasteiger partial charge in [0.05, 0.1) is 13.0 Å². The van der Waals surface area contributed by atoms with Crippen LogP contribution in [-0.4, -0.2) is 38.4 Å². The second-order valence-corrected chi connectivity index (χ2v) is 3.87. The van der Waals surface area contributed by atoms with Crippen LogP contribution < -0.4 is 4.90 Å². The Morgan fingerprint density at radius 2 is 2.11 bits per heavy atom. The van der Waals surface area contributed by atoms with Gasteiger partial charge >= 0.3 is 5.97 Å². The van der Waals surface area contributed by atoms with Gasteiger partial charge in [-0.25, -0.2) is 8.78 Å². The van der Waals surface area contributed by atoms with Gasteiger partial charge in [0.25, 0.3) is 0 Å². The lowest BCUT2D eigenvalue weighted by Gasteiger charge is -2.22. The number of methoxy groups -OCH3 is 1. The van der Waals surface area contributed by atoms with E-state index < -0.39 is 24.0 Å². The number of halogens is 2. The number of carboxylic acid groups (broad SMARTS) is 1. The summed E-state index contributed by atoms with van der Waals surface area (Å²) in [5, 5.41) is 8.74. The number of rotatable bonds is 6. The standard InChI is InChI=1S/C12H15F2NO3/c1-15(3-4-18-2)11-6-8(13)5-10(14)9(11)7-12(16)17/h5-6H,3-4,7H2,1-2H3,(H,16,17). The quantitative estimate of drug-likeness (QED) is 0.844. The molecule has 0 aliphatic rings. The number of benzene rings is 1. The number of carboxylic acids is 1. The van der Waals surface area contributed by atoms with Gasteiger partial charge in [0.15, 0.2) is 0 Å². The lowest BCUT2D eigenvalue weighted by molar-refractivity contribution is -0.136. The van der Waals surface area contributed by atoms with Crippen LogP contribution in [0.1, 0.15) is 5.56 Å². The Bertz CT molecular complexity index is 438. The number of carbonyl (C=O) groups is 1. The highest BCUT2D eigenvalue weighted by atomic mass is 19.1. The summed E-state index contributed by atoms with van der Waals surface area (Å²) in [6, 6.07) is 1.81. The Morgan fingerprint density at radius 1 is 1.44 bits per heavy atom. The highest BCUT2D eigenvalue weighted by Crippen LogP contribution is 2.24. The Morgan fingerprint density at radius 3 is 2.67 bits per heavy atom. The number of ether oxygens (including phenoxy) is 1. The zero-order valence-electron chi connectivity index (χ0n) is 10.2. The summed E-state index contributed by atoms with van der Waals surface area (Å²) in [5.74, 6) is -2.75. The molecule has 6 heteroatoms. The van der Waals surface area contributed by atoms with Crippen molar-refractivity contribution in [3.8, 4) is 0 Å². The lowest BCUT2D eigenvalue weighted by Crippen LogP contribution is -2.24. The second-order valence-electron chi connectivity index (χ2n) is 3.87. The molecule has 0 saturated heterocycles. The first-order chi connectivity index (χ1) is 8.45. The van der Waals surface area contributed by atoms with E-state index in [1.54, 1.807) is 11.9 Å². The predicted octanol–water partition coefficient (Wildman–Crippen LogP) is 1.67. The monoisotopic (exact) mass is 259 g/mol. The van der Waals surface area contributed by atoms with Gasteiger partial charge in [0, 0.05) is 38.0 Å². The topological polar surface area (TPSA) is 49.8 Å². The van der Waals surface area contributed by atoms with Gasteiger partial charge < -0.3 is 14.7 Å². The zero-order valence-corrected chi connectivity index (χ0v) is 10.2. The van der Waals surface area contributed by atoms with Crippen LogP contribution in [0.4, 0.5) is 14.5 Å². The molecule has 18 heavy (non-hydrogen) atoms. The Balaban J connectivity index is 3.09. The van der Waals surface area contributed by atoms with Crippen LogP contribution in [0.3, 0.4) is 0 Å².